The van der Waals surface area contributed by atoms with E-state index in [1.807, 2.05) is 6.08 Å². The quantitative estimate of drug-likeness (QED) is 0.658. The fraction of sp³-hybridized carbons (Fsp3) is 0.200. The van der Waals surface area contributed by atoms with Gasteiger partial charge >= 0.3 is 0 Å². The Labute approximate surface area is 121 Å². The lowest BCUT2D eigenvalue weighted by Crippen LogP contribution is -2.05. The van der Waals surface area contributed by atoms with Gasteiger partial charge in [-0.05, 0) is 65.3 Å². The van der Waals surface area contributed by atoms with Gasteiger partial charge in [0.2, 0.25) is 0 Å². The first-order valence-electron chi connectivity index (χ1n) is 7.26. The lowest BCUT2D eigenvalue weighted by Gasteiger charge is -2.23. The summed E-state index contributed by atoms with van der Waals surface area (Å²) < 4.78 is 0. The second kappa shape index (κ2) is 5.13. The third-order valence-corrected chi connectivity index (χ3v) is 4.22. The zero-order valence-corrected chi connectivity index (χ0v) is 12.2. The largest absolute Gasteiger partial charge is 0.0988 e. The van der Waals surface area contributed by atoms with Gasteiger partial charge in [-0.2, -0.15) is 0 Å². The fourth-order valence-corrected chi connectivity index (χ4v) is 3.27. The Balaban J connectivity index is 2.38. The molecular weight excluding hydrogens is 240 g/mol. The molecule has 100 valence electrons. The highest BCUT2D eigenvalue weighted by molar-refractivity contribution is 5.96. The molecule has 3 rings (SSSR count). The van der Waals surface area contributed by atoms with Crippen molar-refractivity contribution >= 4 is 16.3 Å². The summed E-state index contributed by atoms with van der Waals surface area (Å²) in [6, 6.07) is 11.1. The maximum absolute atomic E-state index is 3.98. The molecule has 0 aromatic heterocycles. The lowest BCUT2D eigenvalue weighted by molar-refractivity contribution is 0.953. The van der Waals surface area contributed by atoms with Crippen molar-refractivity contribution in [3.05, 3.63) is 77.4 Å². The van der Waals surface area contributed by atoms with Crippen LogP contribution in [0.3, 0.4) is 0 Å². The van der Waals surface area contributed by atoms with Crippen molar-refractivity contribution in [1.29, 1.82) is 0 Å². The smallest absolute Gasteiger partial charge is 0.0140 e. The minimum Gasteiger partial charge on any atom is -0.0988 e. The molecule has 0 N–H and O–H groups in total. The van der Waals surface area contributed by atoms with Crippen LogP contribution in [-0.4, -0.2) is 0 Å². The molecule has 2 aromatic rings. The highest BCUT2D eigenvalue weighted by Crippen LogP contribution is 2.38. The maximum atomic E-state index is 3.98. The van der Waals surface area contributed by atoms with Crippen molar-refractivity contribution in [1.82, 2.24) is 0 Å². The molecule has 0 spiro atoms. The van der Waals surface area contributed by atoms with Crippen LogP contribution in [0.5, 0.6) is 0 Å². The van der Waals surface area contributed by atoms with Crippen molar-refractivity contribution in [3.63, 3.8) is 0 Å². The molecule has 0 unspecified atom stereocenters. The van der Waals surface area contributed by atoms with Crippen LogP contribution >= 0.6 is 0 Å². The van der Waals surface area contributed by atoms with E-state index in [1.54, 1.807) is 0 Å². The number of benzene rings is 2. The van der Waals surface area contributed by atoms with E-state index >= 15 is 0 Å². The Kier molecular flexibility index (Phi) is 3.31. The summed E-state index contributed by atoms with van der Waals surface area (Å²) in [4.78, 5) is 0. The lowest BCUT2D eigenvalue weighted by atomic mass is 9.81. The molecule has 2 aromatic carbocycles. The summed E-state index contributed by atoms with van der Waals surface area (Å²) in [6.45, 7) is 8.27. The Morgan fingerprint density at radius 1 is 1.10 bits per heavy atom. The van der Waals surface area contributed by atoms with Crippen LogP contribution in [-0.2, 0) is 6.42 Å². The van der Waals surface area contributed by atoms with E-state index in [1.165, 1.54) is 38.6 Å². The van der Waals surface area contributed by atoms with Gasteiger partial charge in [-0.15, -0.1) is 0 Å². The van der Waals surface area contributed by atoms with Crippen molar-refractivity contribution in [2.45, 2.75) is 26.7 Å². The molecule has 0 atom stereocenters. The Morgan fingerprint density at radius 2 is 1.85 bits per heavy atom. The zero-order chi connectivity index (χ0) is 14.1. The van der Waals surface area contributed by atoms with Gasteiger partial charge in [0.15, 0.2) is 0 Å². The average Bonchev–Trinajstić information content (AvgIpc) is 2.48. The van der Waals surface area contributed by atoms with Crippen LogP contribution < -0.4 is 0 Å². The topological polar surface area (TPSA) is 0 Å². The molecule has 0 saturated carbocycles. The summed E-state index contributed by atoms with van der Waals surface area (Å²) in [5.74, 6) is 0. The zero-order valence-electron chi connectivity index (χ0n) is 12.2. The maximum Gasteiger partial charge on any atom is -0.0140 e. The highest BCUT2D eigenvalue weighted by atomic mass is 14.2. The molecule has 0 fully saturated rings. The van der Waals surface area contributed by atoms with E-state index in [0.29, 0.717) is 0 Å². The summed E-state index contributed by atoms with van der Waals surface area (Å²) in [7, 11) is 0. The van der Waals surface area contributed by atoms with E-state index in [-0.39, 0.29) is 0 Å². The van der Waals surface area contributed by atoms with Crippen LogP contribution in [0, 0.1) is 6.92 Å². The molecule has 0 heterocycles. The van der Waals surface area contributed by atoms with Gasteiger partial charge in [0, 0.05) is 0 Å². The van der Waals surface area contributed by atoms with Gasteiger partial charge in [0.1, 0.15) is 0 Å². The number of aryl methyl sites for hydroxylation is 2. The molecule has 0 saturated heterocycles. The summed E-state index contributed by atoms with van der Waals surface area (Å²) in [5, 5.41) is 2.79. The van der Waals surface area contributed by atoms with E-state index in [0.717, 1.165) is 12.8 Å². The van der Waals surface area contributed by atoms with E-state index in [4.69, 9.17) is 0 Å². The minimum absolute atomic E-state index is 1.09. The first-order chi connectivity index (χ1) is 9.76. The van der Waals surface area contributed by atoms with Crippen LogP contribution in [0.4, 0.5) is 0 Å². The molecule has 20 heavy (non-hydrogen) atoms. The van der Waals surface area contributed by atoms with Gasteiger partial charge in [-0.3, -0.25) is 0 Å². The third-order valence-electron chi connectivity index (χ3n) is 4.22. The molecular formula is C20H20. The predicted octanol–water partition coefficient (Wildman–Crippen LogP) is 5.61. The molecule has 1 aliphatic carbocycles. The van der Waals surface area contributed by atoms with E-state index < -0.39 is 0 Å². The van der Waals surface area contributed by atoms with Gasteiger partial charge in [-0.1, -0.05) is 55.1 Å². The van der Waals surface area contributed by atoms with Gasteiger partial charge in [0.25, 0.3) is 0 Å². The molecule has 0 bridgehead atoms. The molecule has 1 aliphatic rings. The summed E-state index contributed by atoms with van der Waals surface area (Å²) in [6.07, 6.45) is 8.56. The van der Waals surface area contributed by atoms with E-state index in [9.17, 15) is 0 Å². The summed E-state index contributed by atoms with van der Waals surface area (Å²) in [5.41, 5.74) is 6.94. The second-order valence-electron chi connectivity index (χ2n) is 5.41. The van der Waals surface area contributed by atoms with Gasteiger partial charge in [-0.25, -0.2) is 0 Å². The van der Waals surface area contributed by atoms with Crippen molar-refractivity contribution in [2.75, 3.05) is 0 Å². The molecule has 0 aliphatic heterocycles. The molecule has 0 heteroatoms. The number of hydrogen-bond donors (Lipinski definition) is 0. The standard InChI is InChI=1S/C20H20/c1-4-8-17-15(5-2)11-12-19-18-10-7-6-9-16(18)14(3)13-20(17)19/h4-10,13H,2,11-12H2,1,3H3/b8-4-. The number of rotatable bonds is 2. The third kappa shape index (κ3) is 1.92. The predicted molar refractivity (Wildman–Crippen MR) is 88.9 cm³/mol. The number of fused-ring (bicyclic) bond motifs is 3. The van der Waals surface area contributed by atoms with Crippen molar-refractivity contribution in [2.24, 2.45) is 0 Å². The summed E-state index contributed by atoms with van der Waals surface area (Å²) >= 11 is 0. The number of hydrogen-bond acceptors (Lipinski definition) is 0. The average molecular weight is 260 g/mol. The monoisotopic (exact) mass is 260 g/mol. The van der Waals surface area contributed by atoms with Crippen LogP contribution in [0.2, 0.25) is 0 Å². The van der Waals surface area contributed by atoms with Crippen LogP contribution in [0.25, 0.3) is 16.3 Å². The van der Waals surface area contributed by atoms with Gasteiger partial charge in [0.05, 0.1) is 0 Å². The molecule has 0 radical (unpaired) electrons. The van der Waals surface area contributed by atoms with Crippen molar-refractivity contribution < 1.29 is 0 Å². The molecule has 0 amide bonds. The number of allylic oxidation sites excluding steroid dienone is 5. The first-order valence-corrected chi connectivity index (χ1v) is 7.26. The SMILES string of the molecule is C=CC1=C(/C=C\C)c2cc(C)c3ccccc3c2CC1. The van der Waals surface area contributed by atoms with Crippen LogP contribution in [0.15, 0.2) is 60.7 Å². The highest BCUT2D eigenvalue weighted by Gasteiger charge is 2.18. The second-order valence-corrected chi connectivity index (χ2v) is 5.41. The van der Waals surface area contributed by atoms with Crippen LogP contribution in [0.1, 0.15) is 30.0 Å². The Morgan fingerprint density at radius 3 is 2.55 bits per heavy atom. The van der Waals surface area contributed by atoms with Crippen molar-refractivity contribution in [3.8, 4) is 0 Å². The fourth-order valence-electron chi connectivity index (χ4n) is 3.27. The first kappa shape index (κ1) is 12.9. The Hall–Kier alpha value is -2.08. The van der Waals surface area contributed by atoms with Gasteiger partial charge < -0.3 is 0 Å². The normalized spacial score (nSPS) is 14.9. The van der Waals surface area contributed by atoms with E-state index in [2.05, 4.69) is 62.9 Å². The minimum atomic E-state index is 1.09. The molecule has 0 nitrogen and oxygen atoms in total. The Bertz CT molecular complexity index is 742.